The lowest BCUT2D eigenvalue weighted by Crippen LogP contribution is -2.40. The molecule has 2 aliphatic rings. The van der Waals surface area contributed by atoms with E-state index in [9.17, 15) is 9.90 Å². The van der Waals surface area contributed by atoms with Gasteiger partial charge < -0.3 is 9.94 Å². The second-order valence-electron chi connectivity index (χ2n) is 8.45. The molecule has 0 aromatic heterocycles. The fraction of sp³-hybridized carbons (Fsp3) is 0.545. The van der Waals surface area contributed by atoms with Gasteiger partial charge in [0.05, 0.1) is 11.3 Å². The number of amides is 1. The van der Waals surface area contributed by atoms with E-state index in [0.29, 0.717) is 24.7 Å². The molecular weight excluding hydrogens is 356 g/mol. The van der Waals surface area contributed by atoms with Gasteiger partial charge in [-0.15, -0.1) is 0 Å². The minimum absolute atomic E-state index is 0.163. The molecule has 0 bridgehead atoms. The second kappa shape index (κ2) is 8.34. The molecule has 0 radical (unpaired) electrons. The molecular formula is C22H28N2O4. The Bertz CT molecular complexity index is 793. The van der Waals surface area contributed by atoms with E-state index >= 15 is 0 Å². The molecule has 6 heteroatoms. The molecule has 1 aromatic rings. The van der Waals surface area contributed by atoms with E-state index in [1.807, 2.05) is 38.1 Å². The van der Waals surface area contributed by atoms with Crippen molar-refractivity contribution in [3.05, 3.63) is 35.4 Å². The van der Waals surface area contributed by atoms with E-state index < -0.39 is 11.5 Å². The van der Waals surface area contributed by atoms with Crippen molar-refractivity contribution in [2.45, 2.75) is 58.2 Å². The van der Waals surface area contributed by atoms with E-state index in [2.05, 4.69) is 17.0 Å². The molecule has 3 rings (SSSR count). The van der Waals surface area contributed by atoms with Crippen LogP contribution in [0.3, 0.4) is 0 Å². The van der Waals surface area contributed by atoms with Crippen LogP contribution in [-0.2, 0) is 9.63 Å². The number of carbonyl (C=O) groups is 1. The van der Waals surface area contributed by atoms with E-state index in [1.165, 1.54) is 0 Å². The lowest BCUT2D eigenvalue weighted by Gasteiger charge is -2.40. The number of benzene rings is 1. The van der Waals surface area contributed by atoms with Gasteiger partial charge in [0.1, 0.15) is 6.10 Å². The molecule has 3 N–H and O–H groups in total. The predicted octanol–water partition coefficient (Wildman–Crippen LogP) is 2.86. The maximum Gasteiger partial charge on any atom is 0.246 e. The maximum atomic E-state index is 11.4. The van der Waals surface area contributed by atoms with Crippen LogP contribution in [0.5, 0.6) is 0 Å². The number of nitrogens with one attached hydrogen (secondary N) is 1. The molecule has 1 heterocycles. The lowest BCUT2D eigenvalue weighted by atomic mass is 9.68. The fourth-order valence-electron chi connectivity index (χ4n) is 3.58. The summed E-state index contributed by atoms with van der Waals surface area (Å²) in [6.07, 6.45) is 2.88. The number of hydrogen-bond acceptors (Lipinski definition) is 5. The van der Waals surface area contributed by atoms with Gasteiger partial charge in [0, 0.05) is 23.8 Å². The summed E-state index contributed by atoms with van der Waals surface area (Å²) >= 11 is 0. The zero-order valence-corrected chi connectivity index (χ0v) is 16.6. The molecule has 6 nitrogen and oxygen atoms in total. The summed E-state index contributed by atoms with van der Waals surface area (Å²) in [4.78, 5) is 16.8. The van der Waals surface area contributed by atoms with Crippen LogP contribution in [0.25, 0.3) is 0 Å². The molecule has 1 aliphatic heterocycles. The zero-order valence-electron chi connectivity index (χ0n) is 16.6. The molecule has 0 spiro atoms. The minimum atomic E-state index is -0.610. The first-order valence-electron chi connectivity index (χ1n) is 9.77. The monoisotopic (exact) mass is 384 g/mol. The number of rotatable bonds is 5. The van der Waals surface area contributed by atoms with Crippen molar-refractivity contribution in [2.24, 2.45) is 22.9 Å². The normalized spacial score (nSPS) is 24.9. The number of carbonyl (C=O) groups excluding carboxylic acids is 1. The Labute approximate surface area is 165 Å². The standard InChI is InChI=1S/C22H28N2O4/c1-14(21(25)23-27)10-19-13-20(24-28-19)17-8-6-15(7-9-17)4-5-16-11-18(12-16)22(2,3)26/h6-9,14,16,18-19,26-27H,10-13H2,1-3H3,(H,23,25)/t14-,16-,18+,19-/m0/s1. The van der Waals surface area contributed by atoms with Gasteiger partial charge >= 0.3 is 0 Å². The molecule has 150 valence electrons. The first-order valence-corrected chi connectivity index (χ1v) is 9.77. The van der Waals surface area contributed by atoms with Gasteiger partial charge in [0.25, 0.3) is 0 Å². The summed E-state index contributed by atoms with van der Waals surface area (Å²) < 4.78 is 0. The summed E-state index contributed by atoms with van der Waals surface area (Å²) in [5, 5.41) is 22.8. The molecule has 28 heavy (non-hydrogen) atoms. The van der Waals surface area contributed by atoms with Crippen molar-refractivity contribution >= 4 is 11.6 Å². The maximum absolute atomic E-state index is 11.4. The molecule has 1 aliphatic carbocycles. The largest absolute Gasteiger partial charge is 0.392 e. The third kappa shape index (κ3) is 4.92. The van der Waals surface area contributed by atoms with Crippen LogP contribution in [0.2, 0.25) is 0 Å². The SMILES string of the molecule is C[C@@H](C[C@H]1CC(c2ccc(C#C[C@H]3C[C@@H](C(C)(C)O)C3)cc2)=NO1)C(=O)NO. The Morgan fingerprint density at radius 3 is 2.64 bits per heavy atom. The number of nitrogens with zero attached hydrogens (tertiary/aromatic N) is 1. The van der Waals surface area contributed by atoms with Crippen LogP contribution in [0.1, 0.15) is 57.6 Å². The van der Waals surface area contributed by atoms with Crippen LogP contribution >= 0.6 is 0 Å². The van der Waals surface area contributed by atoms with Crippen molar-refractivity contribution in [1.29, 1.82) is 0 Å². The topological polar surface area (TPSA) is 91.2 Å². The summed E-state index contributed by atoms with van der Waals surface area (Å²) in [5.74, 6) is 6.46. The van der Waals surface area contributed by atoms with Crippen LogP contribution in [0.15, 0.2) is 29.4 Å². The van der Waals surface area contributed by atoms with Crippen LogP contribution in [0.4, 0.5) is 0 Å². The van der Waals surface area contributed by atoms with Gasteiger partial charge in [-0.2, -0.15) is 0 Å². The number of hydrogen-bond donors (Lipinski definition) is 3. The predicted molar refractivity (Wildman–Crippen MR) is 106 cm³/mol. The van der Waals surface area contributed by atoms with E-state index in [4.69, 9.17) is 10.0 Å². The molecule has 1 fully saturated rings. The fourth-order valence-corrected chi connectivity index (χ4v) is 3.58. The molecule has 1 saturated carbocycles. The van der Waals surface area contributed by atoms with E-state index in [-0.39, 0.29) is 12.0 Å². The van der Waals surface area contributed by atoms with Crippen molar-refractivity contribution in [2.75, 3.05) is 0 Å². The minimum Gasteiger partial charge on any atom is -0.392 e. The van der Waals surface area contributed by atoms with Crippen LogP contribution in [-0.4, -0.2) is 33.6 Å². The van der Waals surface area contributed by atoms with E-state index in [1.54, 1.807) is 12.4 Å². The quantitative estimate of drug-likeness (QED) is 0.414. The number of aliphatic hydroxyl groups is 1. The Morgan fingerprint density at radius 2 is 2.04 bits per heavy atom. The average Bonchev–Trinajstić information content (AvgIpc) is 3.07. The summed E-state index contributed by atoms with van der Waals surface area (Å²) in [5.41, 5.74) is 3.86. The summed E-state index contributed by atoms with van der Waals surface area (Å²) in [6.45, 7) is 5.47. The van der Waals surface area contributed by atoms with Crippen molar-refractivity contribution in [1.82, 2.24) is 5.48 Å². The van der Waals surface area contributed by atoms with Gasteiger partial charge in [-0.25, -0.2) is 5.48 Å². The molecule has 1 amide bonds. The first-order chi connectivity index (χ1) is 13.3. The van der Waals surface area contributed by atoms with Crippen LogP contribution < -0.4 is 5.48 Å². The Morgan fingerprint density at radius 1 is 1.36 bits per heavy atom. The highest BCUT2D eigenvalue weighted by molar-refractivity contribution is 6.01. The van der Waals surface area contributed by atoms with Gasteiger partial charge in [-0.1, -0.05) is 36.1 Å². The Hall–Kier alpha value is -2.36. The number of hydroxylamine groups is 1. The molecule has 0 saturated heterocycles. The van der Waals surface area contributed by atoms with Crippen LogP contribution in [0, 0.1) is 29.6 Å². The first kappa shape index (κ1) is 20.4. The Kier molecular flexibility index (Phi) is 6.07. The van der Waals surface area contributed by atoms with Gasteiger partial charge in [0.2, 0.25) is 5.91 Å². The van der Waals surface area contributed by atoms with Gasteiger partial charge in [-0.05, 0) is 56.7 Å². The zero-order chi connectivity index (χ0) is 20.3. The number of oxime groups is 1. The Balaban J connectivity index is 1.51. The highest BCUT2D eigenvalue weighted by Gasteiger charge is 2.37. The lowest BCUT2D eigenvalue weighted by molar-refractivity contribution is -0.134. The van der Waals surface area contributed by atoms with E-state index in [0.717, 1.165) is 29.7 Å². The van der Waals surface area contributed by atoms with Crippen molar-refractivity contribution < 1.29 is 19.9 Å². The summed E-state index contributed by atoms with van der Waals surface area (Å²) in [7, 11) is 0. The summed E-state index contributed by atoms with van der Waals surface area (Å²) in [6, 6.07) is 7.93. The average molecular weight is 384 g/mol. The third-order valence-electron chi connectivity index (χ3n) is 5.68. The molecule has 0 unspecified atom stereocenters. The van der Waals surface area contributed by atoms with Crippen molar-refractivity contribution in [3.8, 4) is 11.8 Å². The smallest absolute Gasteiger partial charge is 0.246 e. The second-order valence-corrected chi connectivity index (χ2v) is 8.45. The third-order valence-corrected chi connectivity index (χ3v) is 5.68. The van der Waals surface area contributed by atoms with Crippen molar-refractivity contribution in [3.63, 3.8) is 0 Å². The highest BCUT2D eigenvalue weighted by atomic mass is 16.6. The molecule has 1 aromatic carbocycles. The molecule has 2 atom stereocenters. The van der Waals surface area contributed by atoms with Gasteiger partial charge in [-0.3, -0.25) is 10.0 Å². The van der Waals surface area contributed by atoms with Gasteiger partial charge in [0.15, 0.2) is 0 Å². The highest BCUT2D eigenvalue weighted by Crippen LogP contribution is 2.40.